The van der Waals surface area contributed by atoms with Crippen LogP contribution in [0.15, 0.2) is 0 Å². The smallest absolute Gasteiger partial charge is 0.0823 e. The fourth-order valence-corrected chi connectivity index (χ4v) is 2.59. The summed E-state index contributed by atoms with van der Waals surface area (Å²) >= 11 is 0. The summed E-state index contributed by atoms with van der Waals surface area (Å²) in [6.45, 7) is 0. The van der Waals surface area contributed by atoms with Crippen molar-refractivity contribution >= 4 is 0 Å². The average Bonchev–Trinajstić information content (AvgIpc) is 2.45. The van der Waals surface area contributed by atoms with Crippen LogP contribution >= 0.6 is 0 Å². The first-order valence-corrected chi connectivity index (χ1v) is 4.60. The quantitative estimate of drug-likeness (QED) is 0.562. The highest BCUT2D eigenvalue weighted by molar-refractivity contribution is 4.90. The topological polar surface area (TPSA) is 12.5 Å². The molecule has 0 unspecified atom stereocenters. The Kier molecular flexibility index (Phi) is 1.90. The zero-order valence-corrected chi connectivity index (χ0v) is 7.42. The predicted molar refractivity (Wildman–Crippen MR) is 44.0 cm³/mol. The number of rotatable bonds is 2. The third-order valence-corrected chi connectivity index (χ3v) is 3.02. The van der Waals surface area contributed by atoms with Crippen molar-refractivity contribution in [2.75, 3.05) is 14.1 Å². The summed E-state index contributed by atoms with van der Waals surface area (Å²) in [5.74, 6) is 1.87. The van der Waals surface area contributed by atoms with E-state index in [1.807, 2.05) is 19.2 Å². The maximum absolute atomic E-state index is 5.68. The van der Waals surface area contributed by atoms with Crippen LogP contribution < -0.4 is 0 Å². The van der Waals surface area contributed by atoms with Gasteiger partial charge < -0.3 is 0 Å². The Labute approximate surface area is 68.5 Å². The molecule has 2 saturated carbocycles. The van der Waals surface area contributed by atoms with Crippen LogP contribution in [-0.2, 0) is 4.84 Å². The molecule has 0 heterocycles. The molecule has 2 fully saturated rings. The summed E-state index contributed by atoms with van der Waals surface area (Å²) in [4.78, 5) is 5.68. The minimum absolute atomic E-state index is 0.545. The molecule has 0 radical (unpaired) electrons. The summed E-state index contributed by atoms with van der Waals surface area (Å²) in [6.07, 6.45) is 6.14. The Morgan fingerprint density at radius 2 is 2.00 bits per heavy atom. The van der Waals surface area contributed by atoms with Gasteiger partial charge in [0.2, 0.25) is 0 Å². The van der Waals surface area contributed by atoms with E-state index < -0.39 is 0 Å². The van der Waals surface area contributed by atoms with Crippen molar-refractivity contribution in [3.05, 3.63) is 0 Å². The lowest BCUT2D eigenvalue weighted by molar-refractivity contribution is -0.178. The highest BCUT2D eigenvalue weighted by atomic mass is 16.7. The number of hydroxylamine groups is 2. The van der Waals surface area contributed by atoms with Gasteiger partial charge in [0.15, 0.2) is 0 Å². The molecule has 0 aliphatic heterocycles. The Hall–Kier alpha value is -0.0800. The van der Waals surface area contributed by atoms with Gasteiger partial charge in [-0.1, -0.05) is 0 Å². The minimum atomic E-state index is 0.545. The van der Waals surface area contributed by atoms with Crippen LogP contribution in [0.4, 0.5) is 0 Å². The molecular weight excluding hydrogens is 138 g/mol. The van der Waals surface area contributed by atoms with Gasteiger partial charge in [-0.3, -0.25) is 4.84 Å². The predicted octanol–water partition coefficient (Wildman–Crippen LogP) is 1.67. The maximum Gasteiger partial charge on any atom is 0.0823 e. The van der Waals surface area contributed by atoms with Gasteiger partial charge in [0.05, 0.1) is 6.10 Å². The number of hydrogen-bond acceptors (Lipinski definition) is 2. The first-order valence-electron chi connectivity index (χ1n) is 4.60. The van der Waals surface area contributed by atoms with E-state index >= 15 is 0 Å². The van der Waals surface area contributed by atoms with Crippen molar-refractivity contribution in [1.29, 1.82) is 0 Å². The lowest BCUT2D eigenvalue weighted by Gasteiger charge is -2.24. The molecule has 3 atom stereocenters. The highest BCUT2D eigenvalue weighted by Gasteiger charge is 2.40. The number of nitrogens with zero attached hydrogens (tertiary/aromatic N) is 1. The van der Waals surface area contributed by atoms with Crippen LogP contribution in [0.5, 0.6) is 0 Å². The van der Waals surface area contributed by atoms with Gasteiger partial charge in [-0.05, 0) is 37.5 Å². The van der Waals surface area contributed by atoms with Gasteiger partial charge in [0, 0.05) is 14.1 Å². The fourth-order valence-electron chi connectivity index (χ4n) is 2.59. The summed E-state index contributed by atoms with van der Waals surface area (Å²) in [5, 5.41) is 1.85. The number of hydrogen-bond donors (Lipinski definition) is 0. The van der Waals surface area contributed by atoms with Gasteiger partial charge in [0.1, 0.15) is 0 Å². The minimum Gasteiger partial charge on any atom is -0.296 e. The normalized spacial score (nSPS) is 42.3. The van der Waals surface area contributed by atoms with E-state index in [1.54, 1.807) is 0 Å². The third kappa shape index (κ3) is 1.42. The first kappa shape index (κ1) is 7.56. The second-order valence-corrected chi connectivity index (χ2v) is 4.13. The highest BCUT2D eigenvalue weighted by Crippen LogP contribution is 2.45. The van der Waals surface area contributed by atoms with Crippen molar-refractivity contribution in [2.24, 2.45) is 11.8 Å². The van der Waals surface area contributed by atoms with E-state index in [-0.39, 0.29) is 0 Å². The van der Waals surface area contributed by atoms with E-state index in [0.29, 0.717) is 6.10 Å². The Morgan fingerprint density at radius 3 is 2.45 bits per heavy atom. The molecule has 0 spiro atoms. The standard InChI is InChI=1S/C9H17NO/c1-10(2)11-9-6-7-3-4-8(9)5-7/h7-9H,3-6H2,1-2H3/t7-,8-,9-/m0/s1. The maximum atomic E-state index is 5.68. The van der Waals surface area contributed by atoms with Crippen LogP contribution in [0, 0.1) is 11.8 Å². The summed E-state index contributed by atoms with van der Waals surface area (Å²) in [7, 11) is 3.96. The van der Waals surface area contributed by atoms with E-state index in [0.717, 1.165) is 11.8 Å². The fraction of sp³-hybridized carbons (Fsp3) is 1.00. The number of fused-ring (bicyclic) bond motifs is 2. The SMILES string of the molecule is CN(C)O[C@H]1C[C@H]2CC[C@H]1C2. The van der Waals surface area contributed by atoms with Crippen LogP contribution in [-0.4, -0.2) is 25.3 Å². The lowest BCUT2D eigenvalue weighted by Crippen LogP contribution is -2.27. The zero-order chi connectivity index (χ0) is 7.84. The van der Waals surface area contributed by atoms with E-state index in [2.05, 4.69) is 0 Å². The molecule has 2 bridgehead atoms. The first-order chi connectivity index (χ1) is 5.25. The van der Waals surface area contributed by atoms with Crippen LogP contribution in [0.25, 0.3) is 0 Å². The molecule has 64 valence electrons. The summed E-state index contributed by atoms with van der Waals surface area (Å²) in [6, 6.07) is 0. The average molecular weight is 155 g/mol. The molecule has 0 amide bonds. The second kappa shape index (κ2) is 2.76. The molecule has 2 heteroatoms. The Morgan fingerprint density at radius 1 is 1.18 bits per heavy atom. The van der Waals surface area contributed by atoms with E-state index in [4.69, 9.17) is 4.84 Å². The molecule has 0 aromatic rings. The molecule has 2 aliphatic rings. The molecule has 0 aromatic carbocycles. The lowest BCUT2D eigenvalue weighted by atomic mass is 9.98. The van der Waals surface area contributed by atoms with Crippen molar-refractivity contribution in [2.45, 2.75) is 31.8 Å². The molecule has 0 N–H and O–H groups in total. The van der Waals surface area contributed by atoms with Crippen LogP contribution in [0.2, 0.25) is 0 Å². The molecule has 2 nitrogen and oxygen atoms in total. The summed E-state index contributed by atoms with van der Waals surface area (Å²) < 4.78 is 0. The van der Waals surface area contributed by atoms with Crippen LogP contribution in [0.3, 0.4) is 0 Å². The van der Waals surface area contributed by atoms with Gasteiger partial charge in [-0.2, -0.15) is 5.06 Å². The monoisotopic (exact) mass is 155 g/mol. The Balaban J connectivity index is 1.87. The second-order valence-electron chi connectivity index (χ2n) is 4.13. The van der Waals surface area contributed by atoms with Crippen molar-refractivity contribution in [1.82, 2.24) is 5.06 Å². The molecule has 11 heavy (non-hydrogen) atoms. The van der Waals surface area contributed by atoms with E-state index in [1.165, 1.54) is 25.7 Å². The van der Waals surface area contributed by atoms with Crippen LogP contribution in [0.1, 0.15) is 25.7 Å². The van der Waals surface area contributed by atoms with Gasteiger partial charge in [0.25, 0.3) is 0 Å². The molecular formula is C9H17NO. The molecule has 2 aliphatic carbocycles. The van der Waals surface area contributed by atoms with Gasteiger partial charge >= 0.3 is 0 Å². The molecule has 2 rings (SSSR count). The molecule has 0 aromatic heterocycles. The zero-order valence-electron chi connectivity index (χ0n) is 7.42. The van der Waals surface area contributed by atoms with Crippen molar-refractivity contribution < 1.29 is 4.84 Å². The summed E-state index contributed by atoms with van der Waals surface area (Å²) in [5.41, 5.74) is 0. The van der Waals surface area contributed by atoms with Gasteiger partial charge in [-0.25, -0.2) is 0 Å². The Bertz CT molecular complexity index is 146. The molecule has 0 saturated heterocycles. The van der Waals surface area contributed by atoms with E-state index in [9.17, 15) is 0 Å². The van der Waals surface area contributed by atoms with Gasteiger partial charge in [-0.15, -0.1) is 0 Å². The third-order valence-electron chi connectivity index (χ3n) is 3.02. The van der Waals surface area contributed by atoms with Crippen molar-refractivity contribution in [3.8, 4) is 0 Å². The van der Waals surface area contributed by atoms with Crippen molar-refractivity contribution in [3.63, 3.8) is 0 Å². The largest absolute Gasteiger partial charge is 0.296 e.